The second kappa shape index (κ2) is 7.10. The van der Waals surface area contributed by atoms with Gasteiger partial charge in [-0.15, -0.1) is 0 Å². The average Bonchev–Trinajstić information content (AvgIpc) is 2.45. The van der Waals surface area contributed by atoms with Gasteiger partial charge in [0.05, 0.1) is 0 Å². The lowest BCUT2D eigenvalue weighted by molar-refractivity contribution is -0.152. The Hall–Kier alpha value is -1.32. The molecule has 2 amide bonds. The normalized spacial score (nSPS) is 29.9. The summed E-state index contributed by atoms with van der Waals surface area (Å²) in [6.45, 7) is 6.81. The van der Waals surface area contributed by atoms with E-state index < -0.39 is 0 Å². The van der Waals surface area contributed by atoms with E-state index in [1.807, 2.05) is 25.7 Å². The molecule has 21 heavy (non-hydrogen) atoms. The highest BCUT2D eigenvalue weighted by Gasteiger charge is 2.42. The van der Waals surface area contributed by atoms with E-state index in [1.54, 1.807) is 0 Å². The monoisotopic (exact) mass is 292 g/mol. The van der Waals surface area contributed by atoms with Crippen LogP contribution in [0.5, 0.6) is 0 Å². The number of hydrogen-bond acceptors (Lipinski definition) is 2. The molecule has 1 fully saturated rings. The van der Waals surface area contributed by atoms with Crippen LogP contribution in [0.1, 0.15) is 52.9 Å². The van der Waals surface area contributed by atoms with Crippen LogP contribution in [-0.2, 0) is 9.59 Å². The second-order valence-corrected chi connectivity index (χ2v) is 6.68. The van der Waals surface area contributed by atoms with Gasteiger partial charge in [-0.3, -0.25) is 9.59 Å². The number of carbonyl (C=O) groups excluding carboxylic acids is 2. The highest BCUT2D eigenvalue weighted by atomic mass is 16.2. The van der Waals surface area contributed by atoms with Crippen LogP contribution in [0.2, 0.25) is 0 Å². The lowest BCUT2D eigenvalue weighted by Gasteiger charge is -2.42. The summed E-state index contributed by atoms with van der Waals surface area (Å²) in [5, 5.41) is 2.92. The van der Waals surface area contributed by atoms with E-state index >= 15 is 0 Å². The number of nitrogens with zero attached hydrogens (tertiary/aromatic N) is 1. The van der Waals surface area contributed by atoms with E-state index in [9.17, 15) is 9.59 Å². The van der Waals surface area contributed by atoms with Crippen molar-refractivity contribution in [1.82, 2.24) is 10.2 Å². The first-order chi connectivity index (χ1) is 10.0. The molecule has 4 nitrogen and oxygen atoms in total. The molecule has 3 unspecified atom stereocenters. The third-order valence-electron chi connectivity index (χ3n) is 4.54. The Balaban J connectivity index is 2.15. The molecular formula is C17H28N2O2. The molecule has 0 saturated carbocycles. The summed E-state index contributed by atoms with van der Waals surface area (Å²) in [5.74, 6) is 0.781. The molecule has 2 aliphatic rings. The average molecular weight is 292 g/mol. The number of hydrogen-bond donors (Lipinski definition) is 1. The predicted molar refractivity (Wildman–Crippen MR) is 83.7 cm³/mol. The SMILES string of the molecule is CCCC1NC(=O)C(C(C)C)N(CC2CC=CCC2)C1=O. The Morgan fingerprint density at radius 3 is 2.67 bits per heavy atom. The Kier molecular flexibility index (Phi) is 5.43. The lowest BCUT2D eigenvalue weighted by atomic mass is 9.90. The minimum atomic E-state index is -0.323. The molecule has 0 aromatic rings. The lowest BCUT2D eigenvalue weighted by Crippen LogP contribution is -2.65. The van der Waals surface area contributed by atoms with E-state index in [-0.39, 0.29) is 29.8 Å². The number of nitrogens with one attached hydrogen (secondary N) is 1. The molecular weight excluding hydrogens is 264 g/mol. The van der Waals surface area contributed by atoms with Gasteiger partial charge in [0.1, 0.15) is 12.1 Å². The predicted octanol–water partition coefficient (Wildman–Crippen LogP) is 2.49. The fraction of sp³-hybridized carbons (Fsp3) is 0.765. The molecule has 118 valence electrons. The smallest absolute Gasteiger partial charge is 0.245 e. The molecule has 1 heterocycles. The molecule has 0 spiro atoms. The van der Waals surface area contributed by atoms with Crippen LogP contribution in [0.4, 0.5) is 0 Å². The fourth-order valence-electron chi connectivity index (χ4n) is 3.45. The van der Waals surface area contributed by atoms with Crippen molar-refractivity contribution in [3.05, 3.63) is 12.2 Å². The largest absolute Gasteiger partial charge is 0.342 e. The summed E-state index contributed by atoms with van der Waals surface area (Å²) in [6.07, 6.45) is 9.28. The topological polar surface area (TPSA) is 49.4 Å². The van der Waals surface area contributed by atoms with Crippen molar-refractivity contribution in [3.63, 3.8) is 0 Å². The Bertz CT molecular complexity index is 417. The third kappa shape index (κ3) is 3.66. The van der Waals surface area contributed by atoms with Gasteiger partial charge in [0.15, 0.2) is 0 Å². The minimum absolute atomic E-state index is 0.0226. The summed E-state index contributed by atoms with van der Waals surface area (Å²) in [6, 6.07) is -0.631. The first-order valence-electron chi connectivity index (χ1n) is 8.30. The Morgan fingerprint density at radius 2 is 2.10 bits per heavy atom. The summed E-state index contributed by atoms with van der Waals surface area (Å²) in [7, 11) is 0. The van der Waals surface area contributed by atoms with E-state index in [0.717, 1.165) is 38.6 Å². The van der Waals surface area contributed by atoms with Gasteiger partial charge < -0.3 is 10.2 Å². The summed E-state index contributed by atoms with van der Waals surface area (Å²) in [4.78, 5) is 27.0. The maximum atomic E-state index is 12.7. The third-order valence-corrected chi connectivity index (χ3v) is 4.54. The fourth-order valence-corrected chi connectivity index (χ4v) is 3.45. The van der Waals surface area contributed by atoms with Gasteiger partial charge in [-0.05, 0) is 37.5 Å². The maximum Gasteiger partial charge on any atom is 0.245 e. The molecule has 0 aromatic heterocycles. The van der Waals surface area contributed by atoms with Gasteiger partial charge in [0.25, 0.3) is 0 Å². The first-order valence-corrected chi connectivity index (χ1v) is 8.30. The van der Waals surface area contributed by atoms with Gasteiger partial charge >= 0.3 is 0 Å². The van der Waals surface area contributed by atoms with E-state index in [2.05, 4.69) is 17.5 Å². The molecule has 0 radical (unpaired) electrons. The van der Waals surface area contributed by atoms with Crippen LogP contribution in [0.15, 0.2) is 12.2 Å². The first kappa shape index (κ1) is 16.1. The molecule has 4 heteroatoms. The number of piperazine rings is 1. The number of amides is 2. The van der Waals surface area contributed by atoms with Gasteiger partial charge in [0.2, 0.25) is 11.8 Å². The number of carbonyl (C=O) groups is 2. The van der Waals surface area contributed by atoms with Crippen molar-refractivity contribution in [2.45, 2.75) is 65.0 Å². The molecule has 1 N–H and O–H groups in total. The standard InChI is InChI=1S/C17H28N2O2/c1-4-8-14-17(21)19(11-13-9-6-5-7-10-13)15(12(2)3)16(20)18-14/h5-6,12-15H,4,7-11H2,1-3H3,(H,18,20). The van der Waals surface area contributed by atoms with Crippen molar-refractivity contribution >= 4 is 11.8 Å². The molecule has 1 aliphatic carbocycles. The van der Waals surface area contributed by atoms with E-state index in [0.29, 0.717) is 5.92 Å². The van der Waals surface area contributed by atoms with Crippen LogP contribution in [0.25, 0.3) is 0 Å². The van der Waals surface area contributed by atoms with E-state index in [1.165, 1.54) is 0 Å². The number of rotatable bonds is 5. The zero-order valence-electron chi connectivity index (χ0n) is 13.5. The molecule has 2 rings (SSSR count). The zero-order valence-corrected chi connectivity index (χ0v) is 13.5. The van der Waals surface area contributed by atoms with Gasteiger partial charge in [-0.25, -0.2) is 0 Å². The maximum absolute atomic E-state index is 12.7. The Labute approximate surface area is 128 Å². The van der Waals surface area contributed by atoms with Crippen molar-refractivity contribution in [1.29, 1.82) is 0 Å². The highest BCUT2D eigenvalue weighted by Crippen LogP contribution is 2.25. The van der Waals surface area contributed by atoms with Crippen LogP contribution < -0.4 is 5.32 Å². The minimum Gasteiger partial charge on any atom is -0.342 e. The van der Waals surface area contributed by atoms with Gasteiger partial charge in [-0.1, -0.05) is 39.3 Å². The van der Waals surface area contributed by atoms with E-state index in [4.69, 9.17) is 0 Å². The summed E-state index contributed by atoms with van der Waals surface area (Å²) in [5.41, 5.74) is 0. The van der Waals surface area contributed by atoms with Crippen LogP contribution in [0, 0.1) is 11.8 Å². The highest BCUT2D eigenvalue weighted by molar-refractivity contribution is 5.97. The zero-order chi connectivity index (χ0) is 15.4. The molecule has 1 aliphatic heterocycles. The summed E-state index contributed by atoms with van der Waals surface area (Å²) >= 11 is 0. The molecule has 0 aromatic carbocycles. The van der Waals surface area contributed by atoms with Crippen molar-refractivity contribution in [2.24, 2.45) is 11.8 Å². The van der Waals surface area contributed by atoms with Crippen molar-refractivity contribution in [3.8, 4) is 0 Å². The van der Waals surface area contributed by atoms with Crippen LogP contribution in [0.3, 0.4) is 0 Å². The number of allylic oxidation sites excluding steroid dienone is 2. The van der Waals surface area contributed by atoms with Crippen LogP contribution >= 0.6 is 0 Å². The van der Waals surface area contributed by atoms with Crippen molar-refractivity contribution in [2.75, 3.05) is 6.54 Å². The van der Waals surface area contributed by atoms with Crippen molar-refractivity contribution < 1.29 is 9.59 Å². The second-order valence-electron chi connectivity index (χ2n) is 6.68. The molecule has 0 bridgehead atoms. The molecule has 3 atom stereocenters. The summed E-state index contributed by atoms with van der Waals surface area (Å²) < 4.78 is 0. The quantitative estimate of drug-likeness (QED) is 0.792. The van der Waals surface area contributed by atoms with Gasteiger partial charge in [-0.2, -0.15) is 0 Å². The van der Waals surface area contributed by atoms with Crippen LogP contribution in [-0.4, -0.2) is 35.3 Å². The van der Waals surface area contributed by atoms with Gasteiger partial charge in [0, 0.05) is 6.54 Å². The Morgan fingerprint density at radius 1 is 1.33 bits per heavy atom. The molecule has 1 saturated heterocycles.